The maximum Gasteiger partial charge on any atom is 0.272 e. The molecule has 0 saturated heterocycles. The summed E-state index contributed by atoms with van der Waals surface area (Å²) >= 11 is 0. The first-order valence-electron chi connectivity index (χ1n) is 8.08. The van der Waals surface area contributed by atoms with Gasteiger partial charge in [0.15, 0.2) is 5.69 Å². The van der Waals surface area contributed by atoms with E-state index < -0.39 is 0 Å². The lowest BCUT2D eigenvalue weighted by atomic mass is 10.2. The normalized spacial score (nSPS) is 11.2. The van der Waals surface area contributed by atoms with Gasteiger partial charge in [0, 0.05) is 30.2 Å². The molecule has 24 heavy (non-hydrogen) atoms. The summed E-state index contributed by atoms with van der Waals surface area (Å²) in [4.78, 5) is 12.3. The number of nitrogens with zero attached hydrogens (tertiary/aromatic N) is 2. The maximum atomic E-state index is 12.3. The van der Waals surface area contributed by atoms with Crippen LogP contribution in [-0.2, 0) is 6.54 Å². The van der Waals surface area contributed by atoms with E-state index in [-0.39, 0.29) is 5.91 Å². The van der Waals surface area contributed by atoms with Crippen LogP contribution in [0.4, 0.5) is 0 Å². The number of benzene rings is 2. The molecule has 2 heterocycles. The molecule has 120 valence electrons. The highest BCUT2D eigenvalue weighted by Crippen LogP contribution is 2.16. The number of hydrogen-bond acceptors (Lipinski definition) is 2. The number of amides is 1. The zero-order chi connectivity index (χ0) is 16.4. The van der Waals surface area contributed by atoms with Crippen molar-refractivity contribution in [3.05, 3.63) is 66.5 Å². The maximum absolute atomic E-state index is 12.3. The molecule has 0 aliphatic heterocycles. The molecular formula is C19H18N4O. The van der Waals surface area contributed by atoms with Crippen molar-refractivity contribution in [3.63, 3.8) is 0 Å². The Labute approximate surface area is 139 Å². The van der Waals surface area contributed by atoms with Crippen LogP contribution in [0.15, 0.2) is 60.8 Å². The third-order valence-corrected chi connectivity index (χ3v) is 4.23. The molecule has 4 aromatic rings. The van der Waals surface area contributed by atoms with Gasteiger partial charge < -0.3 is 9.88 Å². The minimum atomic E-state index is -0.134. The summed E-state index contributed by atoms with van der Waals surface area (Å²) in [6, 6.07) is 18.1. The van der Waals surface area contributed by atoms with Crippen molar-refractivity contribution in [2.24, 2.45) is 0 Å². The smallest absolute Gasteiger partial charge is 0.272 e. The van der Waals surface area contributed by atoms with Gasteiger partial charge >= 0.3 is 0 Å². The predicted octanol–water partition coefficient (Wildman–Crippen LogP) is 3.34. The fraction of sp³-hybridized carbons (Fsp3) is 0.158. The van der Waals surface area contributed by atoms with Crippen molar-refractivity contribution in [1.29, 1.82) is 0 Å². The first kappa shape index (κ1) is 14.5. The van der Waals surface area contributed by atoms with E-state index in [0.29, 0.717) is 12.2 Å². The van der Waals surface area contributed by atoms with E-state index in [4.69, 9.17) is 0 Å². The van der Waals surface area contributed by atoms with Crippen LogP contribution in [-0.4, -0.2) is 27.2 Å². The van der Waals surface area contributed by atoms with E-state index in [1.54, 1.807) is 0 Å². The number of nitrogens with one attached hydrogen (secondary N) is 2. The van der Waals surface area contributed by atoms with E-state index >= 15 is 0 Å². The highest BCUT2D eigenvalue weighted by Gasteiger charge is 2.12. The predicted molar refractivity (Wildman–Crippen MR) is 95.0 cm³/mol. The molecule has 1 amide bonds. The Hall–Kier alpha value is -3.08. The van der Waals surface area contributed by atoms with Gasteiger partial charge in [-0.25, -0.2) is 0 Å². The van der Waals surface area contributed by atoms with Crippen molar-refractivity contribution < 1.29 is 4.79 Å². The Kier molecular flexibility index (Phi) is 3.75. The molecule has 2 aromatic heterocycles. The van der Waals surface area contributed by atoms with Crippen LogP contribution in [0.5, 0.6) is 0 Å². The summed E-state index contributed by atoms with van der Waals surface area (Å²) in [5, 5.41) is 12.1. The van der Waals surface area contributed by atoms with Gasteiger partial charge in [-0.2, -0.15) is 5.10 Å². The third kappa shape index (κ3) is 2.65. The molecule has 0 aliphatic carbocycles. The summed E-state index contributed by atoms with van der Waals surface area (Å²) in [5.74, 6) is -0.134. The summed E-state index contributed by atoms with van der Waals surface area (Å²) in [7, 11) is 0. The molecule has 0 aliphatic rings. The SMILES string of the molecule is O=C(NCCCn1ccc2ccccc21)c1n[nH]c2ccccc12. The molecule has 2 aromatic carbocycles. The molecular weight excluding hydrogens is 300 g/mol. The summed E-state index contributed by atoms with van der Waals surface area (Å²) in [5.41, 5.74) is 2.56. The molecule has 0 bridgehead atoms. The van der Waals surface area contributed by atoms with Gasteiger partial charge in [-0.05, 0) is 30.0 Å². The quantitative estimate of drug-likeness (QED) is 0.554. The zero-order valence-electron chi connectivity index (χ0n) is 13.2. The van der Waals surface area contributed by atoms with Crippen molar-refractivity contribution in [2.75, 3.05) is 6.54 Å². The molecule has 0 saturated carbocycles. The number of H-pyrrole nitrogens is 1. The number of carbonyl (C=O) groups excluding carboxylic acids is 1. The number of fused-ring (bicyclic) bond motifs is 2. The van der Waals surface area contributed by atoms with Crippen LogP contribution < -0.4 is 5.32 Å². The van der Waals surface area contributed by atoms with E-state index in [1.807, 2.05) is 36.4 Å². The van der Waals surface area contributed by atoms with Gasteiger partial charge in [0.05, 0.1) is 5.52 Å². The Morgan fingerprint density at radius 3 is 2.88 bits per heavy atom. The number of aromatic nitrogens is 3. The van der Waals surface area contributed by atoms with Gasteiger partial charge in [0.25, 0.3) is 5.91 Å². The second kappa shape index (κ2) is 6.20. The third-order valence-electron chi connectivity index (χ3n) is 4.23. The fourth-order valence-electron chi connectivity index (χ4n) is 3.01. The Bertz CT molecular complexity index is 999. The van der Waals surface area contributed by atoms with E-state index in [2.05, 4.69) is 44.5 Å². The molecule has 0 fully saturated rings. The van der Waals surface area contributed by atoms with Crippen molar-refractivity contribution in [2.45, 2.75) is 13.0 Å². The molecule has 0 atom stereocenters. The number of para-hydroxylation sites is 2. The second-order valence-corrected chi connectivity index (χ2v) is 5.80. The first-order chi connectivity index (χ1) is 11.8. The van der Waals surface area contributed by atoms with Crippen LogP contribution in [0, 0.1) is 0 Å². The van der Waals surface area contributed by atoms with Gasteiger partial charge in [-0.3, -0.25) is 9.89 Å². The second-order valence-electron chi connectivity index (χ2n) is 5.80. The Morgan fingerprint density at radius 1 is 1.08 bits per heavy atom. The van der Waals surface area contributed by atoms with Crippen LogP contribution in [0.2, 0.25) is 0 Å². The highest BCUT2D eigenvalue weighted by atomic mass is 16.1. The average Bonchev–Trinajstić information content (AvgIpc) is 3.23. The number of aryl methyl sites for hydroxylation is 1. The average molecular weight is 318 g/mol. The standard InChI is InChI=1S/C19H18N4O/c24-19(18-15-7-2-3-8-16(15)21-22-18)20-11-5-12-23-13-10-14-6-1-4-9-17(14)23/h1-4,6-10,13H,5,11-12H2,(H,20,24)(H,21,22). The lowest BCUT2D eigenvalue weighted by Gasteiger charge is -2.06. The van der Waals surface area contributed by atoms with E-state index in [0.717, 1.165) is 23.9 Å². The van der Waals surface area contributed by atoms with Gasteiger partial charge in [-0.15, -0.1) is 0 Å². The monoisotopic (exact) mass is 318 g/mol. The van der Waals surface area contributed by atoms with E-state index in [1.165, 1.54) is 10.9 Å². The minimum absolute atomic E-state index is 0.134. The van der Waals surface area contributed by atoms with Crippen molar-refractivity contribution in [3.8, 4) is 0 Å². The van der Waals surface area contributed by atoms with E-state index in [9.17, 15) is 4.79 Å². The van der Waals surface area contributed by atoms with Crippen molar-refractivity contribution in [1.82, 2.24) is 20.1 Å². The molecule has 0 unspecified atom stereocenters. The van der Waals surface area contributed by atoms with Gasteiger partial charge in [0.2, 0.25) is 0 Å². The summed E-state index contributed by atoms with van der Waals surface area (Å²) < 4.78 is 2.21. The van der Waals surface area contributed by atoms with Gasteiger partial charge in [-0.1, -0.05) is 36.4 Å². The minimum Gasteiger partial charge on any atom is -0.351 e. The van der Waals surface area contributed by atoms with Crippen molar-refractivity contribution >= 4 is 27.7 Å². The summed E-state index contributed by atoms with van der Waals surface area (Å²) in [6.45, 7) is 1.49. The Morgan fingerprint density at radius 2 is 1.92 bits per heavy atom. The zero-order valence-corrected chi connectivity index (χ0v) is 13.2. The molecule has 0 radical (unpaired) electrons. The number of hydrogen-bond donors (Lipinski definition) is 2. The molecule has 4 rings (SSSR count). The highest BCUT2D eigenvalue weighted by molar-refractivity contribution is 6.04. The lowest BCUT2D eigenvalue weighted by Crippen LogP contribution is -2.25. The Balaban J connectivity index is 1.36. The number of rotatable bonds is 5. The topological polar surface area (TPSA) is 62.7 Å². The fourth-order valence-corrected chi connectivity index (χ4v) is 3.01. The number of carbonyl (C=O) groups is 1. The number of aromatic amines is 1. The van der Waals surface area contributed by atoms with Gasteiger partial charge in [0.1, 0.15) is 0 Å². The first-order valence-corrected chi connectivity index (χ1v) is 8.08. The molecule has 2 N–H and O–H groups in total. The van der Waals surface area contributed by atoms with Crippen LogP contribution in [0.1, 0.15) is 16.9 Å². The summed E-state index contributed by atoms with van der Waals surface area (Å²) in [6.07, 6.45) is 2.96. The van der Waals surface area contributed by atoms with Crippen LogP contribution in [0.3, 0.4) is 0 Å². The van der Waals surface area contributed by atoms with Crippen LogP contribution in [0.25, 0.3) is 21.8 Å². The molecule has 0 spiro atoms. The largest absolute Gasteiger partial charge is 0.351 e. The lowest BCUT2D eigenvalue weighted by molar-refractivity contribution is 0.0949. The molecule has 5 heteroatoms. The molecule has 5 nitrogen and oxygen atoms in total. The van der Waals surface area contributed by atoms with Crippen LogP contribution >= 0.6 is 0 Å².